The second-order valence-corrected chi connectivity index (χ2v) is 2.29. The van der Waals surface area contributed by atoms with Crippen LogP contribution in [0.15, 0.2) is 24.3 Å². The summed E-state index contributed by atoms with van der Waals surface area (Å²) in [7, 11) is 0. The zero-order chi connectivity index (χ0) is 8.81. The molecular formula is C8H10N2O2. The Morgan fingerprint density at radius 3 is 2.50 bits per heavy atom. The minimum atomic E-state index is 0.404. The fourth-order valence-electron chi connectivity index (χ4n) is 0.878. The Bertz CT molecular complexity index is 246. The fraction of sp³-hybridized carbons (Fsp3) is 0.125. The van der Waals surface area contributed by atoms with Crippen molar-refractivity contribution < 1.29 is 10.0 Å². The lowest BCUT2D eigenvalue weighted by atomic mass is 10.2. The molecule has 0 aliphatic carbocycles. The highest BCUT2D eigenvalue weighted by Crippen LogP contribution is 2.07. The summed E-state index contributed by atoms with van der Waals surface area (Å²) in [5.41, 5.74) is 3.74. The van der Waals surface area contributed by atoms with Crippen LogP contribution in [0, 0.1) is 0 Å². The van der Waals surface area contributed by atoms with Crippen molar-refractivity contribution >= 4 is 12.1 Å². The molecule has 12 heavy (non-hydrogen) atoms. The van der Waals surface area contributed by atoms with Crippen LogP contribution in [-0.2, 0) is 11.3 Å². The Kier molecular flexibility index (Phi) is 3.25. The number of rotatable bonds is 4. The summed E-state index contributed by atoms with van der Waals surface area (Å²) in [5.74, 6) is 0. The molecule has 0 aromatic heterocycles. The molecule has 1 amide bonds. The summed E-state index contributed by atoms with van der Waals surface area (Å²) >= 11 is 0. The number of benzene rings is 1. The standard InChI is InChI=1S/C8H10N2O2/c11-6-9-8-3-1-7(2-4-8)5-10-12/h1-4,6,10,12H,5H2,(H,9,11). The van der Waals surface area contributed by atoms with E-state index in [9.17, 15) is 4.79 Å². The molecule has 0 fully saturated rings. The molecular weight excluding hydrogens is 156 g/mol. The third-order valence-electron chi connectivity index (χ3n) is 1.46. The summed E-state index contributed by atoms with van der Waals surface area (Å²) in [6.07, 6.45) is 0.624. The number of hydroxylamine groups is 1. The highest BCUT2D eigenvalue weighted by atomic mass is 16.5. The van der Waals surface area contributed by atoms with E-state index >= 15 is 0 Å². The molecule has 0 aliphatic rings. The number of carbonyl (C=O) groups excluding carboxylic acids is 1. The molecule has 0 saturated carbocycles. The molecule has 4 nitrogen and oxygen atoms in total. The second kappa shape index (κ2) is 4.48. The molecule has 0 aliphatic heterocycles. The Labute approximate surface area is 70.2 Å². The SMILES string of the molecule is O=CNc1ccc(CNO)cc1. The predicted molar refractivity (Wildman–Crippen MR) is 44.8 cm³/mol. The molecule has 1 aromatic carbocycles. The largest absolute Gasteiger partial charge is 0.329 e. The van der Waals surface area contributed by atoms with Gasteiger partial charge in [-0.2, -0.15) is 0 Å². The lowest BCUT2D eigenvalue weighted by Crippen LogP contribution is -2.05. The van der Waals surface area contributed by atoms with E-state index in [0.717, 1.165) is 11.3 Å². The Hall–Kier alpha value is -1.39. The number of nitrogens with one attached hydrogen (secondary N) is 2. The maximum atomic E-state index is 10.0. The van der Waals surface area contributed by atoms with Crippen LogP contribution in [0.4, 0.5) is 5.69 Å². The second-order valence-electron chi connectivity index (χ2n) is 2.29. The maximum Gasteiger partial charge on any atom is 0.211 e. The van der Waals surface area contributed by atoms with E-state index in [1.807, 2.05) is 17.6 Å². The zero-order valence-corrected chi connectivity index (χ0v) is 6.45. The monoisotopic (exact) mass is 166 g/mol. The first kappa shape index (κ1) is 8.70. The van der Waals surface area contributed by atoms with Gasteiger partial charge in [-0.3, -0.25) is 4.79 Å². The molecule has 3 N–H and O–H groups in total. The van der Waals surface area contributed by atoms with Crippen LogP contribution in [0.3, 0.4) is 0 Å². The number of amides is 1. The number of anilines is 1. The van der Waals surface area contributed by atoms with Gasteiger partial charge in [0.2, 0.25) is 6.41 Å². The average Bonchev–Trinajstić information content (AvgIpc) is 2.09. The molecule has 0 spiro atoms. The highest BCUT2D eigenvalue weighted by molar-refractivity contribution is 5.70. The van der Waals surface area contributed by atoms with Crippen molar-refractivity contribution in [1.82, 2.24) is 5.48 Å². The summed E-state index contributed by atoms with van der Waals surface area (Å²) in [6, 6.07) is 7.16. The normalized spacial score (nSPS) is 9.42. The maximum absolute atomic E-state index is 10.0. The van der Waals surface area contributed by atoms with Gasteiger partial charge in [0, 0.05) is 12.2 Å². The van der Waals surface area contributed by atoms with E-state index in [4.69, 9.17) is 5.21 Å². The molecule has 0 unspecified atom stereocenters. The van der Waals surface area contributed by atoms with Crippen molar-refractivity contribution in [2.45, 2.75) is 6.54 Å². The molecule has 1 rings (SSSR count). The van der Waals surface area contributed by atoms with Crippen LogP contribution in [0.1, 0.15) is 5.56 Å². The number of hydrogen-bond donors (Lipinski definition) is 3. The van der Waals surface area contributed by atoms with Crippen molar-refractivity contribution in [2.75, 3.05) is 5.32 Å². The summed E-state index contributed by atoms with van der Waals surface area (Å²) < 4.78 is 0. The van der Waals surface area contributed by atoms with E-state index in [1.54, 1.807) is 12.1 Å². The molecule has 0 heterocycles. The molecule has 0 bridgehead atoms. The minimum absolute atomic E-state index is 0.404. The first-order chi connectivity index (χ1) is 5.86. The van der Waals surface area contributed by atoms with Crippen molar-refractivity contribution in [3.8, 4) is 0 Å². The molecule has 64 valence electrons. The van der Waals surface area contributed by atoms with E-state index in [2.05, 4.69) is 5.32 Å². The zero-order valence-electron chi connectivity index (χ0n) is 6.45. The van der Waals surface area contributed by atoms with Crippen molar-refractivity contribution in [2.24, 2.45) is 0 Å². The molecule has 0 atom stereocenters. The van der Waals surface area contributed by atoms with Gasteiger partial charge in [-0.25, -0.2) is 5.48 Å². The van der Waals surface area contributed by atoms with Gasteiger partial charge in [0.15, 0.2) is 0 Å². The van der Waals surface area contributed by atoms with Gasteiger partial charge in [-0.15, -0.1) is 0 Å². The molecule has 0 saturated heterocycles. The molecule has 4 heteroatoms. The highest BCUT2D eigenvalue weighted by Gasteiger charge is 1.91. The topological polar surface area (TPSA) is 61.4 Å². The van der Waals surface area contributed by atoms with Crippen molar-refractivity contribution in [3.05, 3.63) is 29.8 Å². The lowest BCUT2D eigenvalue weighted by molar-refractivity contribution is -0.105. The van der Waals surface area contributed by atoms with Gasteiger partial charge < -0.3 is 10.5 Å². The van der Waals surface area contributed by atoms with Crippen molar-refractivity contribution in [1.29, 1.82) is 0 Å². The van der Waals surface area contributed by atoms with E-state index in [1.165, 1.54) is 0 Å². The first-order valence-electron chi connectivity index (χ1n) is 3.53. The quantitative estimate of drug-likeness (QED) is 0.456. The third kappa shape index (κ3) is 2.34. The molecule has 0 radical (unpaired) electrons. The summed E-state index contributed by atoms with van der Waals surface area (Å²) in [4.78, 5) is 10.0. The van der Waals surface area contributed by atoms with Gasteiger partial charge in [-0.1, -0.05) is 12.1 Å². The fourth-order valence-corrected chi connectivity index (χ4v) is 0.878. The van der Waals surface area contributed by atoms with Gasteiger partial charge in [0.1, 0.15) is 0 Å². The number of hydrogen-bond acceptors (Lipinski definition) is 3. The van der Waals surface area contributed by atoms with Crippen LogP contribution in [0.2, 0.25) is 0 Å². The Morgan fingerprint density at radius 1 is 1.33 bits per heavy atom. The van der Waals surface area contributed by atoms with Gasteiger partial charge in [-0.05, 0) is 17.7 Å². The smallest absolute Gasteiger partial charge is 0.211 e. The van der Waals surface area contributed by atoms with E-state index in [-0.39, 0.29) is 0 Å². The first-order valence-corrected chi connectivity index (χ1v) is 3.53. The van der Waals surface area contributed by atoms with Crippen LogP contribution in [0.5, 0.6) is 0 Å². The van der Waals surface area contributed by atoms with Crippen LogP contribution in [-0.4, -0.2) is 11.6 Å². The molecule has 1 aromatic rings. The third-order valence-corrected chi connectivity index (χ3v) is 1.46. The lowest BCUT2D eigenvalue weighted by Gasteiger charge is -2.00. The summed E-state index contributed by atoms with van der Waals surface area (Å²) in [6.45, 7) is 0.404. The van der Waals surface area contributed by atoms with E-state index in [0.29, 0.717) is 13.0 Å². The van der Waals surface area contributed by atoms with Crippen LogP contribution < -0.4 is 10.8 Å². The van der Waals surface area contributed by atoms with Crippen LogP contribution >= 0.6 is 0 Å². The summed E-state index contributed by atoms with van der Waals surface area (Å²) in [5, 5.41) is 10.9. The van der Waals surface area contributed by atoms with Crippen LogP contribution in [0.25, 0.3) is 0 Å². The average molecular weight is 166 g/mol. The minimum Gasteiger partial charge on any atom is -0.329 e. The Balaban J connectivity index is 2.64. The number of carbonyl (C=O) groups is 1. The van der Waals surface area contributed by atoms with E-state index < -0.39 is 0 Å². The van der Waals surface area contributed by atoms with Gasteiger partial charge >= 0.3 is 0 Å². The van der Waals surface area contributed by atoms with Gasteiger partial charge in [0.25, 0.3) is 0 Å². The van der Waals surface area contributed by atoms with Crippen molar-refractivity contribution in [3.63, 3.8) is 0 Å². The predicted octanol–water partition coefficient (Wildman–Crippen LogP) is 0.734. The van der Waals surface area contributed by atoms with Gasteiger partial charge in [0.05, 0.1) is 0 Å². The Morgan fingerprint density at radius 2 is 2.00 bits per heavy atom.